The van der Waals surface area contributed by atoms with Crippen molar-refractivity contribution in [2.75, 3.05) is 13.1 Å². The van der Waals surface area contributed by atoms with E-state index < -0.39 is 11.8 Å². The fraction of sp³-hybridized carbons (Fsp3) is 0.500. The highest BCUT2D eigenvalue weighted by molar-refractivity contribution is 6.34. The van der Waals surface area contributed by atoms with Crippen molar-refractivity contribution in [3.63, 3.8) is 0 Å². The van der Waals surface area contributed by atoms with Crippen LogP contribution in [0.4, 0.5) is 0 Å². The lowest BCUT2D eigenvalue weighted by Crippen LogP contribution is -2.43. The van der Waals surface area contributed by atoms with Crippen LogP contribution in [-0.2, 0) is 16.1 Å². The van der Waals surface area contributed by atoms with Crippen molar-refractivity contribution in [1.82, 2.24) is 15.2 Å². The summed E-state index contributed by atoms with van der Waals surface area (Å²) < 4.78 is 0. The van der Waals surface area contributed by atoms with Crippen LogP contribution in [0.1, 0.15) is 31.2 Å². The van der Waals surface area contributed by atoms with Gasteiger partial charge in [-0.3, -0.25) is 14.6 Å². The maximum Gasteiger partial charge on any atom is 0.311 e. The number of hydrogen-bond acceptors (Lipinski definition) is 3. The van der Waals surface area contributed by atoms with Gasteiger partial charge in [0, 0.05) is 32.0 Å². The predicted octanol–water partition coefficient (Wildman–Crippen LogP) is 1.10. The Kier molecular flexibility index (Phi) is 4.89. The molecule has 0 atom stereocenters. The van der Waals surface area contributed by atoms with Crippen LogP contribution in [-0.4, -0.2) is 34.8 Å². The van der Waals surface area contributed by atoms with Crippen LogP contribution >= 0.6 is 0 Å². The Bertz CT molecular complexity index is 426. The van der Waals surface area contributed by atoms with Gasteiger partial charge >= 0.3 is 11.8 Å². The lowest BCUT2D eigenvalue weighted by Gasteiger charge is -2.19. The number of aromatic nitrogens is 1. The Balaban J connectivity index is 1.83. The number of likely N-dealkylation sites (tertiary alicyclic amines) is 1. The molecule has 5 heteroatoms. The van der Waals surface area contributed by atoms with Gasteiger partial charge in [0.05, 0.1) is 0 Å². The minimum Gasteiger partial charge on any atom is -0.344 e. The second-order valence-corrected chi connectivity index (χ2v) is 4.74. The van der Waals surface area contributed by atoms with E-state index >= 15 is 0 Å². The van der Waals surface area contributed by atoms with Crippen LogP contribution < -0.4 is 5.32 Å². The van der Waals surface area contributed by atoms with Gasteiger partial charge in [-0.25, -0.2) is 0 Å². The van der Waals surface area contributed by atoms with Gasteiger partial charge in [0.25, 0.3) is 0 Å². The van der Waals surface area contributed by atoms with Gasteiger partial charge in [-0.1, -0.05) is 12.8 Å². The SMILES string of the molecule is O=C(NCc1ccncc1)C(=O)N1CCCCCC1. The van der Waals surface area contributed by atoms with E-state index in [2.05, 4.69) is 10.3 Å². The quantitative estimate of drug-likeness (QED) is 0.811. The van der Waals surface area contributed by atoms with Crippen LogP contribution in [0.3, 0.4) is 0 Å². The molecule has 1 saturated heterocycles. The summed E-state index contributed by atoms with van der Waals surface area (Å²) in [5.41, 5.74) is 0.937. The van der Waals surface area contributed by atoms with E-state index in [-0.39, 0.29) is 0 Å². The van der Waals surface area contributed by atoms with Crippen LogP contribution in [0.15, 0.2) is 24.5 Å². The van der Waals surface area contributed by atoms with Crippen molar-refractivity contribution >= 4 is 11.8 Å². The third-order valence-electron chi connectivity index (χ3n) is 3.29. The maximum absolute atomic E-state index is 12.0. The second kappa shape index (κ2) is 6.87. The first-order chi connectivity index (χ1) is 9.27. The first kappa shape index (κ1) is 13.5. The molecule has 5 nitrogen and oxygen atoms in total. The molecule has 0 aliphatic carbocycles. The van der Waals surface area contributed by atoms with E-state index in [1.165, 1.54) is 0 Å². The average Bonchev–Trinajstić information content (AvgIpc) is 2.74. The normalized spacial score (nSPS) is 15.7. The summed E-state index contributed by atoms with van der Waals surface area (Å²) in [7, 11) is 0. The molecule has 2 rings (SSSR count). The Labute approximate surface area is 113 Å². The van der Waals surface area contributed by atoms with Crippen molar-refractivity contribution in [3.8, 4) is 0 Å². The average molecular weight is 261 g/mol. The summed E-state index contributed by atoms with van der Waals surface area (Å²) in [4.78, 5) is 29.3. The third-order valence-corrected chi connectivity index (χ3v) is 3.29. The van der Waals surface area contributed by atoms with Crippen LogP contribution in [0.25, 0.3) is 0 Å². The van der Waals surface area contributed by atoms with Gasteiger partial charge < -0.3 is 10.2 Å². The van der Waals surface area contributed by atoms with E-state index in [9.17, 15) is 9.59 Å². The van der Waals surface area contributed by atoms with Crippen LogP contribution in [0, 0.1) is 0 Å². The molecule has 0 spiro atoms. The number of carbonyl (C=O) groups excluding carboxylic acids is 2. The minimum atomic E-state index is -0.515. The summed E-state index contributed by atoms with van der Waals surface area (Å²) in [5, 5.41) is 2.66. The molecule has 19 heavy (non-hydrogen) atoms. The van der Waals surface area contributed by atoms with Crippen molar-refractivity contribution < 1.29 is 9.59 Å². The van der Waals surface area contributed by atoms with Gasteiger partial charge in [-0.05, 0) is 30.5 Å². The molecule has 0 unspecified atom stereocenters. The van der Waals surface area contributed by atoms with Crippen molar-refractivity contribution in [2.24, 2.45) is 0 Å². The minimum absolute atomic E-state index is 0.362. The molecule has 2 heterocycles. The van der Waals surface area contributed by atoms with Crippen molar-refractivity contribution in [3.05, 3.63) is 30.1 Å². The lowest BCUT2D eigenvalue weighted by molar-refractivity contribution is -0.145. The summed E-state index contributed by atoms with van der Waals surface area (Å²) >= 11 is 0. The van der Waals surface area contributed by atoms with Crippen molar-refractivity contribution in [2.45, 2.75) is 32.2 Å². The smallest absolute Gasteiger partial charge is 0.311 e. The highest BCUT2D eigenvalue weighted by Crippen LogP contribution is 2.09. The van der Waals surface area contributed by atoms with E-state index in [0.29, 0.717) is 19.6 Å². The van der Waals surface area contributed by atoms with E-state index in [1.54, 1.807) is 17.3 Å². The fourth-order valence-corrected chi connectivity index (χ4v) is 2.18. The maximum atomic E-state index is 12.0. The van der Waals surface area contributed by atoms with E-state index in [0.717, 1.165) is 31.2 Å². The second-order valence-electron chi connectivity index (χ2n) is 4.74. The summed E-state index contributed by atoms with van der Waals surface area (Å²) in [5.74, 6) is -0.922. The number of hydrogen-bond donors (Lipinski definition) is 1. The van der Waals surface area contributed by atoms with Gasteiger partial charge in [-0.2, -0.15) is 0 Å². The third kappa shape index (κ3) is 4.05. The molecule has 1 aromatic rings. The monoisotopic (exact) mass is 261 g/mol. The molecule has 1 aliphatic heterocycles. The fourth-order valence-electron chi connectivity index (χ4n) is 2.18. The summed E-state index contributed by atoms with van der Waals surface area (Å²) in [6.45, 7) is 1.75. The Morgan fingerprint density at radius 1 is 1.11 bits per heavy atom. The molecule has 1 N–H and O–H groups in total. The summed E-state index contributed by atoms with van der Waals surface area (Å²) in [6.07, 6.45) is 7.59. The van der Waals surface area contributed by atoms with E-state index in [1.807, 2.05) is 12.1 Å². The topological polar surface area (TPSA) is 62.3 Å². The zero-order valence-electron chi connectivity index (χ0n) is 11.0. The molecule has 0 radical (unpaired) electrons. The number of pyridine rings is 1. The lowest BCUT2D eigenvalue weighted by atomic mass is 10.2. The molecular weight excluding hydrogens is 242 g/mol. The highest BCUT2D eigenvalue weighted by Gasteiger charge is 2.21. The largest absolute Gasteiger partial charge is 0.344 e. The number of rotatable bonds is 2. The van der Waals surface area contributed by atoms with Crippen LogP contribution in [0.2, 0.25) is 0 Å². The highest BCUT2D eigenvalue weighted by atomic mass is 16.2. The molecule has 0 bridgehead atoms. The zero-order chi connectivity index (χ0) is 13.5. The molecule has 0 aromatic carbocycles. The zero-order valence-corrected chi connectivity index (χ0v) is 11.0. The number of amides is 2. The Morgan fingerprint density at radius 3 is 2.37 bits per heavy atom. The number of nitrogens with one attached hydrogen (secondary N) is 1. The standard InChI is InChI=1S/C14H19N3O2/c18-13(16-11-12-5-7-15-8-6-12)14(19)17-9-3-1-2-4-10-17/h5-8H,1-4,9-11H2,(H,16,18). The number of carbonyl (C=O) groups is 2. The number of nitrogens with zero attached hydrogens (tertiary/aromatic N) is 2. The molecule has 1 aromatic heterocycles. The Hall–Kier alpha value is -1.91. The summed E-state index contributed by atoms with van der Waals surface area (Å²) in [6, 6.07) is 3.63. The van der Waals surface area contributed by atoms with Gasteiger partial charge in [0.2, 0.25) is 0 Å². The molecule has 2 amide bonds. The first-order valence-electron chi connectivity index (χ1n) is 6.73. The van der Waals surface area contributed by atoms with E-state index in [4.69, 9.17) is 0 Å². The Morgan fingerprint density at radius 2 is 1.74 bits per heavy atom. The predicted molar refractivity (Wildman–Crippen MR) is 71.1 cm³/mol. The van der Waals surface area contributed by atoms with Gasteiger partial charge in [0.1, 0.15) is 0 Å². The first-order valence-corrected chi connectivity index (χ1v) is 6.73. The molecule has 1 fully saturated rings. The van der Waals surface area contributed by atoms with Crippen LogP contribution in [0.5, 0.6) is 0 Å². The molecule has 1 aliphatic rings. The van der Waals surface area contributed by atoms with Crippen molar-refractivity contribution in [1.29, 1.82) is 0 Å². The molecule has 0 saturated carbocycles. The molecular formula is C14H19N3O2. The van der Waals surface area contributed by atoms with Gasteiger partial charge in [0.15, 0.2) is 0 Å². The molecule has 102 valence electrons. The van der Waals surface area contributed by atoms with Gasteiger partial charge in [-0.15, -0.1) is 0 Å².